The number of aromatic hydroxyl groups is 1. The molecule has 0 aliphatic carbocycles. The molecule has 0 heterocycles. The second-order valence-electron chi connectivity index (χ2n) is 3.75. The minimum absolute atomic E-state index is 0.302. The smallest absolute Gasteiger partial charge is 0.123 e. The van der Waals surface area contributed by atoms with E-state index in [1.54, 1.807) is 13.2 Å². The van der Waals surface area contributed by atoms with Gasteiger partial charge in [0.1, 0.15) is 11.5 Å². The van der Waals surface area contributed by atoms with Crippen molar-refractivity contribution in [3.63, 3.8) is 0 Å². The summed E-state index contributed by atoms with van der Waals surface area (Å²) in [6.45, 7) is 2.01. The zero-order valence-corrected chi connectivity index (χ0v) is 9.40. The van der Waals surface area contributed by atoms with Gasteiger partial charge in [0.15, 0.2) is 0 Å². The first-order valence-corrected chi connectivity index (χ1v) is 5.15. The molecule has 82 valence electrons. The molecule has 0 amide bonds. The molecule has 0 aromatic heterocycles. The molecule has 0 aliphatic rings. The molecule has 2 heteroatoms. The lowest BCUT2D eigenvalue weighted by molar-refractivity contribution is 0.415. The summed E-state index contributed by atoms with van der Waals surface area (Å²) in [5, 5.41) is 9.78. The molecule has 2 aromatic rings. The van der Waals surface area contributed by atoms with E-state index in [1.165, 1.54) is 0 Å². The first-order chi connectivity index (χ1) is 7.70. The molecule has 0 unspecified atom stereocenters. The van der Waals surface area contributed by atoms with Crippen LogP contribution in [0.4, 0.5) is 0 Å². The summed E-state index contributed by atoms with van der Waals surface area (Å²) in [7, 11) is 1.64. The minimum Gasteiger partial charge on any atom is -0.507 e. The Morgan fingerprint density at radius 2 is 1.69 bits per heavy atom. The summed E-state index contributed by atoms with van der Waals surface area (Å²) in [6.07, 6.45) is 0. The van der Waals surface area contributed by atoms with E-state index < -0.39 is 0 Å². The van der Waals surface area contributed by atoms with Gasteiger partial charge in [0, 0.05) is 5.56 Å². The third-order valence-corrected chi connectivity index (χ3v) is 2.55. The molecule has 0 bridgehead atoms. The Morgan fingerprint density at radius 1 is 1.00 bits per heavy atom. The van der Waals surface area contributed by atoms with Gasteiger partial charge in [-0.05, 0) is 36.8 Å². The largest absolute Gasteiger partial charge is 0.507 e. The van der Waals surface area contributed by atoms with Gasteiger partial charge in [0.05, 0.1) is 7.11 Å². The van der Waals surface area contributed by atoms with Crippen molar-refractivity contribution in [1.82, 2.24) is 0 Å². The fourth-order valence-electron chi connectivity index (χ4n) is 1.65. The highest BCUT2D eigenvalue weighted by molar-refractivity contribution is 5.71. The van der Waals surface area contributed by atoms with Gasteiger partial charge in [-0.15, -0.1) is 0 Å². The number of rotatable bonds is 2. The van der Waals surface area contributed by atoms with E-state index in [0.717, 1.165) is 22.4 Å². The van der Waals surface area contributed by atoms with Crippen LogP contribution >= 0.6 is 0 Å². The standard InChI is InChI=1S/C14H14O2/c1-10-3-8-14(15)13(9-10)11-4-6-12(16-2)7-5-11/h3-9,15H,1-2H3. The van der Waals surface area contributed by atoms with Crippen molar-refractivity contribution in [1.29, 1.82) is 0 Å². The summed E-state index contributed by atoms with van der Waals surface area (Å²) in [5.74, 6) is 1.12. The van der Waals surface area contributed by atoms with Crippen LogP contribution in [0.1, 0.15) is 5.56 Å². The van der Waals surface area contributed by atoms with Crippen molar-refractivity contribution in [2.45, 2.75) is 6.92 Å². The Labute approximate surface area is 95.1 Å². The van der Waals surface area contributed by atoms with Crippen LogP contribution in [0, 0.1) is 6.92 Å². The molecule has 0 aliphatic heterocycles. The van der Waals surface area contributed by atoms with Gasteiger partial charge in [0.2, 0.25) is 0 Å². The Bertz CT molecular complexity index is 487. The molecule has 2 rings (SSSR count). The summed E-state index contributed by atoms with van der Waals surface area (Å²) in [4.78, 5) is 0. The number of ether oxygens (including phenoxy) is 1. The van der Waals surface area contributed by atoms with Gasteiger partial charge in [-0.1, -0.05) is 23.8 Å². The third kappa shape index (κ3) is 2.01. The van der Waals surface area contributed by atoms with Crippen molar-refractivity contribution in [3.8, 4) is 22.6 Å². The first-order valence-electron chi connectivity index (χ1n) is 5.15. The monoisotopic (exact) mass is 214 g/mol. The van der Waals surface area contributed by atoms with Crippen LogP contribution in [0.25, 0.3) is 11.1 Å². The molecule has 0 saturated carbocycles. The third-order valence-electron chi connectivity index (χ3n) is 2.55. The van der Waals surface area contributed by atoms with Crippen LogP contribution in [0.3, 0.4) is 0 Å². The molecule has 0 atom stereocenters. The molecule has 0 radical (unpaired) electrons. The fraction of sp³-hybridized carbons (Fsp3) is 0.143. The summed E-state index contributed by atoms with van der Waals surface area (Å²) < 4.78 is 5.10. The highest BCUT2D eigenvalue weighted by atomic mass is 16.5. The van der Waals surface area contributed by atoms with E-state index >= 15 is 0 Å². The van der Waals surface area contributed by atoms with E-state index in [9.17, 15) is 5.11 Å². The highest BCUT2D eigenvalue weighted by Crippen LogP contribution is 2.30. The normalized spacial score (nSPS) is 10.1. The average Bonchev–Trinajstić information content (AvgIpc) is 2.32. The Hall–Kier alpha value is -1.96. The maximum Gasteiger partial charge on any atom is 0.123 e. The van der Waals surface area contributed by atoms with Gasteiger partial charge >= 0.3 is 0 Å². The highest BCUT2D eigenvalue weighted by Gasteiger charge is 2.04. The molecule has 16 heavy (non-hydrogen) atoms. The van der Waals surface area contributed by atoms with Gasteiger partial charge in [-0.3, -0.25) is 0 Å². The summed E-state index contributed by atoms with van der Waals surface area (Å²) in [6, 6.07) is 13.2. The molecule has 0 fully saturated rings. The van der Waals surface area contributed by atoms with E-state index in [-0.39, 0.29) is 0 Å². The first kappa shape index (κ1) is 10.6. The SMILES string of the molecule is COc1ccc(-c2cc(C)ccc2O)cc1. The molecular formula is C14H14O2. The molecular weight excluding hydrogens is 200 g/mol. The van der Waals surface area contributed by atoms with Crippen molar-refractivity contribution in [3.05, 3.63) is 48.0 Å². The van der Waals surface area contributed by atoms with Crippen LogP contribution < -0.4 is 4.74 Å². The predicted molar refractivity (Wildman–Crippen MR) is 64.8 cm³/mol. The van der Waals surface area contributed by atoms with Crippen LogP contribution in [0.2, 0.25) is 0 Å². The second kappa shape index (κ2) is 4.27. The number of phenolic OH excluding ortho intramolecular Hbond substituents is 1. The Balaban J connectivity index is 2.45. The average molecular weight is 214 g/mol. The molecule has 2 aromatic carbocycles. The fourth-order valence-corrected chi connectivity index (χ4v) is 1.65. The number of hydrogen-bond acceptors (Lipinski definition) is 2. The van der Waals surface area contributed by atoms with Crippen LogP contribution in [-0.2, 0) is 0 Å². The van der Waals surface area contributed by atoms with Crippen molar-refractivity contribution < 1.29 is 9.84 Å². The maximum atomic E-state index is 9.78. The lowest BCUT2D eigenvalue weighted by Gasteiger charge is -2.07. The molecule has 2 nitrogen and oxygen atoms in total. The number of methoxy groups -OCH3 is 1. The van der Waals surface area contributed by atoms with Crippen molar-refractivity contribution in [2.75, 3.05) is 7.11 Å². The predicted octanol–water partition coefficient (Wildman–Crippen LogP) is 3.38. The van der Waals surface area contributed by atoms with E-state index in [1.807, 2.05) is 43.3 Å². The van der Waals surface area contributed by atoms with Gasteiger partial charge < -0.3 is 9.84 Å². The van der Waals surface area contributed by atoms with Crippen LogP contribution in [0.15, 0.2) is 42.5 Å². The van der Waals surface area contributed by atoms with Crippen molar-refractivity contribution >= 4 is 0 Å². The van der Waals surface area contributed by atoms with Gasteiger partial charge in [-0.2, -0.15) is 0 Å². The lowest BCUT2D eigenvalue weighted by atomic mass is 10.0. The van der Waals surface area contributed by atoms with Crippen molar-refractivity contribution in [2.24, 2.45) is 0 Å². The zero-order chi connectivity index (χ0) is 11.5. The second-order valence-corrected chi connectivity index (χ2v) is 3.75. The number of aryl methyl sites for hydroxylation is 1. The van der Waals surface area contributed by atoms with Gasteiger partial charge in [0.25, 0.3) is 0 Å². The summed E-state index contributed by atoms with van der Waals surface area (Å²) in [5.41, 5.74) is 2.97. The minimum atomic E-state index is 0.302. The van der Waals surface area contributed by atoms with E-state index in [2.05, 4.69) is 0 Å². The molecule has 0 spiro atoms. The van der Waals surface area contributed by atoms with Crippen LogP contribution in [-0.4, -0.2) is 12.2 Å². The Kier molecular flexibility index (Phi) is 2.82. The van der Waals surface area contributed by atoms with E-state index in [4.69, 9.17) is 4.74 Å². The molecule has 1 N–H and O–H groups in total. The number of phenols is 1. The van der Waals surface area contributed by atoms with E-state index in [0.29, 0.717) is 5.75 Å². The van der Waals surface area contributed by atoms with Gasteiger partial charge in [-0.25, -0.2) is 0 Å². The zero-order valence-electron chi connectivity index (χ0n) is 9.40. The lowest BCUT2D eigenvalue weighted by Crippen LogP contribution is -1.84. The number of hydrogen-bond donors (Lipinski definition) is 1. The topological polar surface area (TPSA) is 29.5 Å². The molecule has 0 saturated heterocycles. The quantitative estimate of drug-likeness (QED) is 0.830. The number of benzene rings is 2. The Morgan fingerprint density at radius 3 is 2.31 bits per heavy atom. The summed E-state index contributed by atoms with van der Waals surface area (Å²) >= 11 is 0. The maximum absolute atomic E-state index is 9.78. The van der Waals surface area contributed by atoms with Crippen LogP contribution in [0.5, 0.6) is 11.5 Å².